The molecule has 1 aliphatic rings. The zero-order chi connectivity index (χ0) is 24.5. The lowest BCUT2D eigenvalue weighted by molar-refractivity contribution is 0.0686. The fraction of sp³-hybridized carbons (Fsp3) is 0.130. The molecule has 0 radical (unpaired) electrons. The molecule has 0 saturated heterocycles. The third kappa shape index (κ3) is 4.59. The van der Waals surface area contributed by atoms with E-state index in [2.05, 4.69) is 19.9 Å². The summed E-state index contributed by atoms with van der Waals surface area (Å²) in [7, 11) is -3.72. The van der Waals surface area contributed by atoms with Crippen LogP contribution in [0.2, 0.25) is 0 Å². The number of rotatable bonds is 4. The summed E-state index contributed by atoms with van der Waals surface area (Å²) in [5, 5.41) is 17.4. The normalized spacial score (nSPS) is 15.6. The number of H-pyrrole nitrogens is 2. The summed E-state index contributed by atoms with van der Waals surface area (Å²) in [6, 6.07) is 9.04. The number of hydrogen-bond acceptors (Lipinski definition) is 6. The molecule has 1 unspecified atom stereocenters. The molecule has 11 heteroatoms. The highest BCUT2D eigenvalue weighted by atomic mass is 32.2. The van der Waals surface area contributed by atoms with Crippen LogP contribution in [0.1, 0.15) is 34.1 Å². The Balaban J connectivity index is 0.000000192. The molecule has 0 bridgehead atoms. The van der Waals surface area contributed by atoms with Gasteiger partial charge in [0, 0.05) is 0 Å². The monoisotopic (exact) mass is 480 g/mol. The first-order chi connectivity index (χ1) is 16.1. The lowest BCUT2D eigenvalue weighted by atomic mass is 10.0. The minimum Gasteiger partial charge on any atom is -0.478 e. The van der Waals surface area contributed by atoms with Crippen molar-refractivity contribution < 1.29 is 28.2 Å². The summed E-state index contributed by atoms with van der Waals surface area (Å²) in [6.45, 7) is 2.00. The number of imidazole rings is 2. The van der Waals surface area contributed by atoms with Crippen molar-refractivity contribution in [2.75, 3.05) is 0 Å². The Labute approximate surface area is 193 Å². The van der Waals surface area contributed by atoms with Crippen molar-refractivity contribution in [1.29, 1.82) is 0 Å². The minimum absolute atomic E-state index is 0.0635. The average Bonchev–Trinajstić information content (AvgIpc) is 3.46. The van der Waals surface area contributed by atoms with Crippen LogP contribution in [0.15, 0.2) is 71.0 Å². The van der Waals surface area contributed by atoms with Crippen LogP contribution in [0.5, 0.6) is 0 Å². The number of benzene rings is 2. The topological polar surface area (TPSA) is 166 Å². The predicted octanol–water partition coefficient (Wildman–Crippen LogP) is 3.78. The summed E-state index contributed by atoms with van der Waals surface area (Å²) in [4.78, 5) is 35.3. The van der Waals surface area contributed by atoms with Gasteiger partial charge in [0.15, 0.2) is 0 Å². The molecular weight excluding hydrogens is 460 g/mol. The number of nitrogens with zero attached hydrogens (tertiary/aromatic N) is 2. The summed E-state index contributed by atoms with van der Waals surface area (Å²) in [6.07, 6.45) is 7.30. The van der Waals surface area contributed by atoms with Gasteiger partial charge in [-0.05, 0) is 54.8 Å². The molecule has 34 heavy (non-hydrogen) atoms. The van der Waals surface area contributed by atoms with E-state index in [1.165, 1.54) is 30.6 Å². The van der Waals surface area contributed by atoms with Crippen molar-refractivity contribution in [2.24, 2.45) is 5.92 Å². The molecule has 1 atom stereocenters. The second kappa shape index (κ2) is 8.94. The van der Waals surface area contributed by atoms with E-state index in [0.29, 0.717) is 28.9 Å². The van der Waals surface area contributed by atoms with E-state index < -0.39 is 21.8 Å². The van der Waals surface area contributed by atoms with Crippen LogP contribution < -0.4 is 0 Å². The van der Waals surface area contributed by atoms with Gasteiger partial charge < -0.3 is 20.2 Å². The SMILES string of the molecule is CC1C=CC(S(=O)(=O)c2nc3cc(C(=O)O)ccc3[nH]2)=CC1.O=C(O)c1ccc2[nH]cnc2c1. The van der Waals surface area contributed by atoms with Crippen molar-refractivity contribution in [3.63, 3.8) is 0 Å². The highest BCUT2D eigenvalue weighted by Gasteiger charge is 2.24. The Bertz CT molecular complexity index is 1580. The number of nitrogens with one attached hydrogen (secondary N) is 2. The maximum atomic E-state index is 12.6. The van der Waals surface area contributed by atoms with E-state index in [9.17, 15) is 18.0 Å². The van der Waals surface area contributed by atoms with Gasteiger partial charge in [0.25, 0.3) is 0 Å². The lowest BCUT2D eigenvalue weighted by Gasteiger charge is -2.10. The second-order valence-corrected chi connectivity index (χ2v) is 9.57. The third-order valence-electron chi connectivity index (χ3n) is 5.22. The van der Waals surface area contributed by atoms with E-state index in [1.54, 1.807) is 24.3 Å². The molecule has 0 fully saturated rings. The number of aromatic carboxylic acids is 2. The van der Waals surface area contributed by atoms with Crippen LogP contribution in [0, 0.1) is 5.92 Å². The number of carboxylic acid groups (broad SMARTS) is 2. The summed E-state index contributed by atoms with van der Waals surface area (Å²) in [5.41, 5.74) is 2.64. The number of aromatic amines is 2. The minimum atomic E-state index is -3.72. The zero-order valence-electron chi connectivity index (χ0n) is 17.9. The van der Waals surface area contributed by atoms with Crippen LogP contribution in [0.4, 0.5) is 0 Å². The van der Waals surface area contributed by atoms with Gasteiger partial charge in [0.1, 0.15) is 0 Å². The first kappa shape index (κ1) is 22.9. The van der Waals surface area contributed by atoms with Gasteiger partial charge in [0.2, 0.25) is 15.0 Å². The van der Waals surface area contributed by atoms with E-state index in [1.807, 2.05) is 13.0 Å². The van der Waals surface area contributed by atoms with Crippen molar-refractivity contribution in [2.45, 2.75) is 18.5 Å². The number of hydrogen-bond donors (Lipinski definition) is 4. The number of sulfone groups is 1. The Hall–Kier alpha value is -4.25. The van der Waals surface area contributed by atoms with Crippen molar-refractivity contribution >= 4 is 43.8 Å². The Kier molecular flexibility index (Phi) is 6.03. The maximum Gasteiger partial charge on any atom is 0.335 e. The molecule has 4 N–H and O–H groups in total. The molecule has 1 aliphatic carbocycles. The Morgan fingerprint density at radius 2 is 1.65 bits per heavy atom. The smallest absolute Gasteiger partial charge is 0.335 e. The van der Waals surface area contributed by atoms with Crippen LogP contribution in [0.3, 0.4) is 0 Å². The molecule has 2 aromatic heterocycles. The molecule has 174 valence electrons. The molecule has 2 heterocycles. The number of carboxylic acids is 2. The summed E-state index contributed by atoms with van der Waals surface area (Å²) in [5.74, 6) is -1.70. The second-order valence-electron chi connectivity index (χ2n) is 7.70. The van der Waals surface area contributed by atoms with Gasteiger partial charge in [0.05, 0.1) is 44.4 Å². The van der Waals surface area contributed by atoms with E-state index >= 15 is 0 Å². The largest absolute Gasteiger partial charge is 0.478 e. The first-order valence-electron chi connectivity index (χ1n) is 10.2. The standard InChI is InChI=1S/C15H14N2O4S.C8H6N2O2/c1-9-2-5-11(6-3-9)22(20,21)15-16-12-7-4-10(14(18)19)8-13(12)17-15;11-8(12)5-1-2-6-7(3-5)10-4-9-6/h2,4-9H,3H2,1H3,(H,16,17)(H,18,19);1-4H,(H,9,10)(H,11,12). The summed E-state index contributed by atoms with van der Waals surface area (Å²) >= 11 is 0. The molecule has 2 aromatic carbocycles. The van der Waals surface area contributed by atoms with Crippen LogP contribution in [0.25, 0.3) is 22.1 Å². The maximum absolute atomic E-state index is 12.6. The molecule has 5 rings (SSSR count). The highest BCUT2D eigenvalue weighted by molar-refractivity contribution is 7.95. The first-order valence-corrected chi connectivity index (χ1v) is 11.7. The Morgan fingerprint density at radius 1 is 1.00 bits per heavy atom. The van der Waals surface area contributed by atoms with Crippen LogP contribution in [-0.4, -0.2) is 50.5 Å². The van der Waals surface area contributed by atoms with Gasteiger partial charge in [-0.3, -0.25) is 0 Å². The quantitative estimate of drug-likeness (QED) is 0.342. The predicted molar refractivity (Wildman–Crippen MR) is 124 cm³/mol. The van der Waals surface area contributed by atoms with Gasteiger partial charge in [-0.25, -0.2) is 28.0 Å². The van der Waals surface area contributed by atoms with E-state index in [0.717, 1.165) is 5.52 Å². The molecule has 0 spiro atoms. The average molecular weight is 481 g/mol. The molecule has 0 aliphatic heterocycles. The van der Waals surface area contributed by atoms with Crippen molar-refractivity contribution in [3.8, 4) is 0 Å². The van der Waals surface area contributed by atoms with E-state index in [4.69, 9.17) is 10.2 Å². The van der Waals surface area contributed by atoms with Crippen LogP contribution in [-0.2, 0) is 9.84 Å². The van der Waals surface area contributed by atoms with E-state index in [-0.39, 0.29) is 21.2 Å². The van der Waals surface area contributed by atoms with Gasteiger partial charge in [-0.1, -0.05) is 19.1 Å². The van der Waals surface area contributed by atoms with Crippen molar-refractivity contribution in [1.82, 2.24) is 19.9 Å². The third-order valence-corrected chi connectivity index (χ3v) is 6.85. The molecular formula is C23H20N4O6S. The number of allylic oxidation sites excluding steroid dienone is 3. The number of fused-ring (bicyclic) bond motifs is 2. The lowest BCUT2D eigenvalue weighted by Crippen LogP contribution is -2.08. The fourth-order valence-corrected chi connectivity index (χ4v) is 4.59. The van der Waals surface area contributed by atoms with Gasteiger partial charge in [-0.2, -0.15) is 0 Å². The highest BCUT2D eigenvalue weighted by Crippen LogP contribution is 2.26. The van der Waals surface area contributed by atoms with Crippen LogP contribution >= 0.6 is 0 Å². The van der Waals surface area contributed by atoms with Gasteiger partial charge >= 0.3 is 11.9 Å². The van der Waals surface area contributed by atoms with Crippen molar-refractivity contribution in [3.05, 3.63) is 77.0 Å². The molecule has 10 nitrogen and oxygen atoms in total. The molecule has 0 saturated carbocycles. The molecule has 0 amide bonds. The fourth-order valence-electron chi connectivity index (χ4n) is 3.33. The Morgan fingerprint density at radius 3 is 2.26 bits per heavy atom. The number of carbonyl (C=O) groups is 2. The van der Waals surface area contributed by atoms with Gasteiger partial charge in [-0.15, -0.1) is 0 Å². The zero-order valence-corrected chi connectivity index (χ0v) is 18.7. The molecule has 4 aromatic rings. The summed E-state index contributed by atoms with van der Waals surface area (Å²) < 4.78 is 25.1. The number of aromatic nitrogens is 4.